The smallest absolute Gasteiger partial charge is 0.330 e. The molecule has 260 valence electrons. The SMILES string of the molecule is COc1ccc(-c2nn([C@@H]3C[C@H]4C(=O)N[C@]5(C(=O)O)C[C@H]5/C=C\CCCCC[C@H](NC(=O)c5ccsc5)C(=O)N4C3)nc2-c2nccs2)cc1. The average Bonchev–Trinajstić information content (AvgIpc) is 3.77. The number of benzene rings is 1. The highest BCUT2D eigenvalue weighted by Gasteiger charge is 2.61. The number of amides is 3. The molecule has 13 nitrogen and oxygen atoms in total. The summed E-state index contributed by atoms with van der Waals surface area (Å²) in [6, 6.07) is 6.70. The minimum Gasteiger partial charge on any atom is -0.497 e. The molecule has 1 saturated heterocycles. The molecule has 3 amide bonds. The van der Waals surface area contributed by atoms with Crippen LogP contribution in [0.5, 0.6) is 5.75 Å². The molecule has 1 saturated carbocycles. The maximum Gasteiger partial charge on any atom is 0.330 e. The van der Waals surface area contributed by atoms with Crippen LogP contribution in [0.1, 0.15) is 61.3 Å². The molecule has 1 aromatic carbocycles. The number of aliphatic carboxylic acids is 1. The second kappa shape index (κ2) is 14.2. The molecule has 3 N–H and O–H groups in total. The first-order valence-electron chi connectivity index (χ1n) is 16.6. The number of ether oxygens (including phenoxy) is 1. The van der Waals surface area contributed by atoms with E-state index in [-0.39, 0.29) is 31.2 Å². The van der Waals surface area contributed by atoms with Crippen molar-refractivity contribution >= 4 is 46.4 Å². The van der Waals surface area contributed by atoms with Crippen LogP contribution in [-0.2, 0) is 14.4 Å². The van der Waals surface area contributed by atoms with E-state index < -0.39 is 41.4 Å². The zero-order chi connectivity index (χ0) is 34.8. The van der Waals surface area contributed by atoms with Gasteiger partial charge in [-0.25, -0.2) is 9.78 Å². The van der Waals surface area contributed by atoms with Crippen molar-refractivity contribution in [2.24, 2.45) is 5.92 Å². The van der Waals surface area contributed by atoms with Crippen LogP contribution in [-0.4, -0.2) is 85.0 Å². The number of carbonyl (C=O) groups excluding carboxylic acids is 3. The topological polar surface area (TPSA) is 169 Å². The first-order chi connectivity index (χ1) is 24.3. The van der Waals surface area contributed by atoms with Crippen molar-refractivity contribution in [3.05, 3.63) is 70.4 Å². The highest BCUT2D eigenvalue weighted by Crippen LogP contribution is 2.46. The third-order valence-electron chi connectivity index (χ3n) is 9.68. The highest BCUT2D eigenvalue weighted by atomic mass is 32.1. The number of allylic oxidation sites excluding steroid dienone is 1. The van der Waals surface area contributed by atoms with E-state index >= 15 is 0 Å². The first-order valence-corrected chi connectivity index (χ1v) is 18.5. The predicted molar refractivity (Wildman–Crippen MR) is 187 cm³/mol. The number of hydrogen-bond donors (Lipinski definition) is 3. The fourth-order valence-electron chi connectivity index (χ4n) is 6.79. The van der Waals surface area contributed by atoms with Crippen LogP contribution in [0.3, 0.4) is 0 Å². The van der Waals surface area contributed by atoms with Crippen LogP contribution in [0.25, 0.3) is 22.0 Å². The quantitative estimate of drug-likeness (QED) is 0.232. The Morgan fingerprint density at radius 3 is 2.62 bits per heavy atom. The summed E-state index contributed by atoms with van der Waals surface area (Å²) in [7, 11) is 1.59. The van der Waals surface area contributed by atoms with Crippen molar-refractivity contribution in [2.75, 3.05) is 13.7 Å². The van der Waals surface area contributed by atoms with Gasteiger partial charge in [-0.3, -0.25) is 14.4 Å². The van der Waals surface area contributed by atoms with Crippen LogP contribution in [0.15, 0.2) is 64.8 Å². The number of carbonyl (C=O) groups is 4. The monoisotopic (exact) mass is 715 g/mol. The van der Waals surface area contributed by atoms with E-state index in [0.717, 1.165) is 24.8 Å². The molecule has 5 atom stereocenters. The lowest BCUT2D eigenvalue weighted by Gasteiger charge is -2.29. The van der Waals surface area contributed by atoms with Gasteiger partial charge in [0.25, 0.3) is 5.91 Å². The molecule has 3 aliphatic rings. The summed E-state index contributed by atoms with van der Waals surface area (Å²) < 4.78 is 5.34. The van der Waals surface area contributed by atoms with Crippen LogP contribution in [0.2, 0.25) is 0 Å². The van der Waals surface area contributed by atoms with Crippen molar-refractivity contribution in [3.8, 4) is 27.7 Å². The van der Waals surface area contributed by atoms with Gasteiger partial charge < -0.3 is 25.4 Å². The van der Waals surface area contributed by atoms with Crippen LogP contribution in [0, 0.1) is 5.92 Å². The Morgan fingerprint density at radius 1 is 1.08 bits per heavy atom. The minimum atomic E-state index is -1.43. The van der Waals surface area contributed by atoms with E-state index in [1.165, 1.54) is 32.4 Å². The minimum absolute atomic E-state index is 0.0825. The van der Waals surface area contributed by atoms with Gasteiger partial charge in [-0.05, 0) is 61.4 Å². The molecular formula is C35H37N7O6S2. The molecular weight excluding hydrogens is 679 g/mol. The summed E-state index contributed by atoms with van der Waals surface area (Å²) in [5.74, 6) is -2.07. The molecule has 5 heterocycles. The number of carboxylic acid groups (broad SMARTS) is 1. The normalized spacial score (nSPS) is 26.1. The molecule has 1 aliphatic carbocycles. The Hall–Kier alpha value is -4.89. The Morgan fingerprint density at radius 2 is 1.90 bits per heavy atom. The van der Waals surface area contributed by atoms with Crippen LogP contribution < -0.4 is 15.4 Å². The number of nitrogens with one attached hydrogen (secondary N) is 2. The van der Waals surface area contributed by atoms with Gasteiger partial charge in [-0.2, -0.15) is 21.2 Å². The van der Waals surface area contributed by atoms with Gasteiger partial charge in [0, 0.05) is 41.4 Å². The molecule has 4 aromatic rings. The summed E-state index contributed by atoms with van der Waals surface area (Å²) >= 11 is 2.81. The number of aromatic nitrogens is 4. The molecule has 15 heteroatoms. The third-order valence-corrected chi connectivity index (χ3v) is 11.1. The van der Waals surface area contributed by atoms with Crippen molar-refractivity contribution < 1.29 is 29.0 Å². The van der Waals surface area contributed by atoms with E-state index in [2.05, 4.69) is 15.6 Å². The van der Waals surface area contributed by atoms with Crippen molar-refractivity contribution in [3.63, 3.8) is 0 Å². The van der Waals surface area contributed by atoms with Gasteiger partial charge in [0.15, 0.2) is 0 Å². The molecule has 7 rings (SSSR count). The summed E-state index contributed by atoms with van der Waals surface area (Å²) in [6.07, 6.45) is 9.49. The molecule has 2 aliphatic heterocycles. The molecule has 2 fully saturated rings. The standard InChI is InChI=1S/C35H37N7O6S2/c1-48-25-11-9-21(10-12-25)28-29(32-36-14-16-50-32)40-42(39-28)24-17-27-31(44)38-35(34(46)47)18-23(35)7-5-3-2-4-6-8-26(33(45)41(27)19-24)37-30(43)22-13-15-49-20-22/h5,7,9-16,20,23-24,26-27H,2-4,6,8,17-19H2,1H3,(H,37,43)(H,38,44)(H,46,47)/b7-5-/t23-,24-,26+,27+,35-/m1/s1. The summed E-state index contributed by atoms with van der Waals surface area (Å²) in [6.45, 7) is 0.0825. The maximum atomic E-state index is 14.5. The Bertz CT molecular complexity index is 1890. The van der Waals surface area contributed by atoms with Gasteiger partial charge in [0.05, 0.1) is 18.7 Å². The summed E-state index contributed by atoms with van der Waals surface area (Å²) in [4.78, 5) is 61.8. The Balaban J connectivity index is 1.24. The average molecular weight is 716 g/mol. The van der Waals surface area contributed by atoms with E-state index in [1.807, 2.05) is 41.8 Å². The highest BCUT2D eigenvalue weighted by molar-refractivity contribution is 7.13. The number of fused-ring (bicyclic) bond motifs is 2. The zero-order valence-corrected chi connectivity index (χ0v) is 29.0. The number of nitrogens with zero attached hydrogens (tertiary/aromatic N) is 5. The predicted octanol–water partition coefficient (Wildman–Crippen LogP) is 4.56. The second-order valence-corrected chi connectivity index (χ2v) is 14.5. The molecule has 0 radical (unpaired) electrons. The zero-order valence-electron chi connectivity index (χ0n) is 27.4. The number of carboxylic acids is 1. The lowest BCUT2D eigenvalue weighted by molar-refractivity contribution is -0.145. The summed E-state index contributed by atoms with van der Waals surface area (Å²) in [5.41, 5.74) is 0.958. The fourth-order valence-corrected chi connectivity index (χ4v) is 8.05. The maximum absolute atomic E-state index is 14.5. The van der Waals surface area contributed by atoms with Gasteiger partial charge in [-0.1, -0.05) is 25.0 Å². The van der Waals surface area contributed by atoms with E-state index in [0.29, 0.717) is 40.6 Å². The van der Waals surface area contributed by atoms with Gasteiger partial charge in [0.1, 0.15) is 39.8 Å². The number of thiazole rings is 1. The van der Waals surface area contributed by atoms with Gasteiger partial charge in [-0.15, -0.1) is 16.4 Å². The van der Waals surface area contributed by atoms with Crippen LogP contribution in [0.4, 0.5) is 0 Å². The number of rotatable bonds is 7. The van der Waals surface area contributed by atoms with Crippen molar-refractivity contribution in [1.82, 2.24) is 35.5 Å². The lowest BCUT2D eigenvalue weighted by Crippen LogP contribution is -2.56. The van der Waals surface area contributed by atoms with Crippen molar-refractivity contribution in [1.29, 1.82) is 0 Å². The Kier molecular flexibility index (Phi) is 9.51. The van der Waals surface area contributed by atoms with E-state index in [1.54, 1.807) is 30.1 Å². The van der Waals surface area contributed by atoms with Gasteiger partial charge >= 0.3 is 5.97 Å². The third kappa shape index (κ3) is 6.66. The van der Waals surface area contributed by atoms with Crippen LogP contribution >= 0.6 is 22.7 Å². The molecule has 0 bridgehead atoms. The largest absolute Gasteiger partial charge is 0.497 e. The molecule has 0 unspecified atom stereocenters. The molecule has 0 spiro atoms. The second-order valence-electron chi connectivity index (χ2n) is 12.9. The number of hydrogen-bond acceptors (Lipinski definition) is 10. The van der Waals surface area contributed by atoms with E-state index in [9.17, 15) is 24.3 Å². The number of thiophene rings is 1. The first kappa shape index (κ1) is 33.6. The molecule has 50 heavy (non-hydrogen) atoms. The number of methoxy groups -OCH3 is 1. The van der Waals surface area contributed by atoms with E-state index in [4.69, 9.17) is 14.9 Å². The lowest BCUT2D eigenvalue weighted by atomic mass is 10.0. The fraction of sp³-hybridized carbons (Fsp3) is 0.400. The Labute approximate surface area is 296 Å². The molecule has 3 aromatic heterocycles. The van der Waals surface area contributed by atoms with Crippen molar-refractivity contribution in [2.45, 2.75) is 68.6 Å². The van der Waals surface area contributed by atoms with Gasteiger partial charge in [0.2, 0.25) is 11.8 Å². The summed E-state index contributed by atoms with van der Waals surface area (Å²) in [5, 5.41) is 31.7.